The summed E-state index contributed by atoms with van der Waals surface area (Å²) in [7, 11) is 4.27. The molecular weight excluding hydrogens is 641 g/mol. The van der Waals surface area contributed by atoms with E-state index in [1.165, 1.54) is 180 Å². The van der Waals surface area contributed by atoms with Gasteiger partial charge in [-0.05, 0) is 58.2 Å². The van der Waals surface area contributed by atoms with Crippen LogP contribution in [0.4, 0.5) is 0 Å². The molecular formula is C46H86N4O2. The van der Waals surface area contributed by atoms with Crippen molar-refractivity contribution >= 4 is 11.8 Å². The van der Waals surface area contributed by atoms with Gasteiger partial charge in [0.25, 0.3) is 11.8 Å². The lowest BCUT2D eigenvalue weighted by atomic mass is 10.0. The Labute approximate surface area is 323 Å². The molecule has 1 rings (SSSR count). The van der Waals surface area contributed by atoms with Gasteiger partial charge in [-0.15, -0.1) is 0 Å². The average molecular weight is 727 g/mol. The summed E-state index contributed by atoms with van der Waals surface area (Å²) in [6.07, 6.45) is 38.6. The van der Waals surface area contributed by atoms with Crippen LogP contribution in [0.15, 0.2) is 24.3 Å². The van der Waals surface area contributed by atoms with Crippen LogP contribution in [0.1, 0.15) is 214 Å². The lowest BCUT2D eigenvalue weighted by Gasteiger charge is -2.17. The van der Waals surface area contributed by atoms with Crippen LogP contribution in [-0.2, 0) is 0 Å². The molecule has 0 fully saturated rings. The van der Waals surface area contributed by atoms with Crippen molar-refractivity contribution in [1.82, 2.24) is 20.4 Å². The zero-order chi connectivity index (χ0) is 37.7. The first-order valence-corrected chi connectivity index (χ1v) is 22.5. The van der Waals surface area contributed by atoms with E-state index in [-0.39, 0.29) is 11.8 Å². The number of amides is 2. The maximum absolute atomic E-state index is 12.8. The Bertz CT molecular complexity index is 883. The van der Waals surface area contributed by atoms with E-state index >= 15 is 0 Å². The van der Waals surface area contributed by atoms with E-state index in [9.17, 15) is 9.59 Å². The highest BCUT2D eigenvalue weighted by Crippen LogP contribution is 2.15. The molecule has 0 aliphatic heterocycles. The molecule has 0 heterocycles. The fourth-order valence-corrected chi connectivity index (χ4v) is 7.10. The zero-order valence-corrected chi connectivity index (χ0v) is 35.1. The summed E-state index contributed by atoms with van der Waals surface area (Å²) in [5, 5.41) is 6.08. The minimum atomic E-state index is -0.118. The van der Waals surface area contributed by atoms with Crippen molar-refractivity contribution in [1.29, 1.82) is 0 Å². The fourth-order valence-electron chi connectivity index (χ4n) is 7.10. The molecule has 0 aromatic heterocycles. The van der Waals surface area contributed by atoms with Gasteiger partial charge < -0.3 is 20.4 Å². The van der Waals surface area contributed by atoms with Gasteiger partial charge in [-0.3, -0.25) is 9.59 Å². The Morgan fingerprint density at radius 1 is 0.423 bits per heavy atom. The largest absolute Gasteiger partial charge is 0.351 e. The van der Waals surface area contributed by atoms with Crippen LogP contribution in [0.25, 0.3) is 0 Å². The van der Waals surface area contributed by atoms with Gasteiger partial charge in [0.1, 0.15) is 0 Å². The Morgan fingerprint density at radius 2 is 0.692 bits per heavy atom. The highest BCUT2D eigenvalue weighted by Gasteiger charge is 2.11. The third-order valence-corrected chi connectivity index (χ3v) is 10.7. The van der Waals surface area contributed by atoms with Crippen molar-refractivity contribution in [3.05, 3.63) is 35.4 Å². The second-order valence-corrected chi connectivity index (χ2v) is 15.9. The van der Waals surface area contributed by atoms with E-state index < -0.39 is 0 Å². The van der Waals surface area contributed by atoms with E-state index in [1.54, 1.807) is 24.3 Å². The van der Waals surface area contributed by atoms with Gasteiger partial charge >= 0.3 is 0 Å². The van der Waals surface area contributed by atoms with E-state index in [1.807, 2.05) is 0 Å². The smallest absolute Gasteiger partial charge is 0.251 e. The lowest BCUT2D eigenvalue weighted by Crippen LogP contribution is -2.34. The normalized spacial score (nSPS) is 11.5. The number of nitrogens with zero attached hydrogens (tertiary/aromatic N) is 2. The Balaban J connectivity index is 2.03. The number of likely N-dealkylation sites (N-methyl/N-ethyl adjacent to an activating group) is 2. The predicted octanol–water partition coefficient (Wildman–Crippen LogP) is 12.0. The summed E-state index contributed by atoms with van der Waals surface area (Å²) in [5.74, 6) is -0.236. The average Bonchev–Trinajstić information content (AvgIpc) is 3.15. The van der Waals surface area contributed by atoms with Gasteiger partial charge in [-0.1, -0.05) is 187 Å². The van der Waals surface area contributed by atoms with Crippen LogP contribution < -0.4 is 10.6 Å². The molecule has 0 radical (unpaired) electrons. The second-order valence-electron chi connectivity index (χ2n) is 15.9. The standard InChI is InChI=1S/C46H86N4O2/c1-5-7-9-11-13-15-17-19-21-23-25-27-29-31-38-49(3)40-36-47-45(51)43-34-33-35-44(42-43)46(52)48-37-41-50(4)39-32-30-28-26-24-22-20-18-16-14-12-10-8-6-2/h33-35,42H,5-32,36-41H2,1-4H3,(H,47,51)(H,48,52). The molecule has 2 amide bonds. The van der Waals surface area contributed by atoms with Gasteiger partial charge in [0, 0.05) is 37.3 Å². The number of hydrogen-bond donors (Lipinski definition) is 2. The topological polar surface area (TPSA) is 64.7 Å². The number of nitrogens with one attached hydrogen (secondary N) is 2. The molecule has 52 heavy (non-hydrogen) atoms. The quantitative estimate of drug-likeness (QED) is 0.0666. The maximum Gasteiger partial charge on any atom is 0.251 e. The lowest BCUT2D eigenvalue weighted by molar-refractivity contribution is 0.0949. The molecule has 1 aromatic rings. The number of unbranched alkanes of at least 4 members (excludes halogenated alkanes) is 26. The molecule has 0 spiro atoms. The van der Waals surface area contributed by atoms with Crippen molar-refractivity contribution in [2.24, 2.45) is 0 Å². The van der Waals surface area contributed by atoms with Crippen LogP contribution in [0.5, 0.6) is 0 Å². The molecule has 0 saturated carbocycles. The minimum Gasteiger partial charge on any atom is -0.351 e. The second kappa shape index (κ2) is 36.1. The number of carbonyl (C=O) groups excluding carboxylic acids is 2. The third kappa shape index (κ3) is 29.5. The van der Waals surface area contributed by atoms with Crippen LogP contribution in [-0.4, -0.2) is 75.0 Å². The molecule has 1 aromatic carbocycles. The van der Waals surface area contributed by atoms with Gasteiger partial charge in [-0.2, -0.15) is 0 Å². The summed E-state index contributed by atoms with van der Waals surface area (Å²) >= 11 is 0. The van der Waals surface area contributed by atoms with E-state index in [0.29, 0.717) is 24.2 Å². The molecule has 302 valence electrons. The molecule has 0 aliphatic carbocycles. The summed E-state index contributed by atoms with van der Waals surface area (Å²) in [4.78, 5) is 30.2. The molecule has 2 N–H and O–H groups in total. The Hall–Kier alpha value is -1.92. The molecule has 0 unspecified atom stereocenters. The summed E-state index contributed by atoms with van der Waals surface area (Å²) in [6, 6.07) is 7.08. The first kappa shape index (κ1) is 48.1. The first-order valence-electron chi connectivity index (χ1n) is 22.5. The number of hydrogen-bond acceptors (Lipinski definition) is 4. The first-order chi connectivity index (χ1) is 25.5. The number of carbonyl (C=O) groups is 2. The van der Waals surface area contributed by atoms with Crippen LogP contribution in [0.2, 0.25) is 0 Å². The van der Waals surface area contributed by atoms with E-state index in [4.69, 9.17) is 0 Å². The molecule has 0 saturated heterocycles. The summed E-state index contributed by atoms with van der Waals surface area (Å²) in [5.41, 5.74) is 1.08. The Morgan fingerprint density at radius 3 is 0.981 bits per heavy atom. The van der Waals surface area contributed by atoms with Crippen LogP contribution in [0, 0.1) is 0 Å². The van der Waals surface area contributed by atoms with E-state index in [2.05, 4.69) is 48.4 Å². The number of rotatable bonds is 38. The predicted molar refractivity (Wildman–Crippen MR) is 227 cm³/mol. The highest BCUT2D eigenvalue weighted by molar-refractivity contribution is 5.99. The van der Waals surface area contributed by atoms with E-state index in [0.717, 1.165) is 26.2 Å². The fraction of sp³-hybridized carbons (Fsp3) is 0.826. The summed E-state index contributed by atoms with van der Waals surface area (Å²) in [6.45, 7) is 9.58. The van der Waals surface area contributed by atoms with Crippen LogP contribution in [0.3, 0.4) is 0 Å². The summed E-state index contributed by atoms with van der Waals surface area (Å²) < 4.78 is 0. The van der Waals surface area contributed by atoms with Gasteiger partial charge in [-0.25, -0.2) is 0 Å². The maximum atomic E-state index is 12.8. The third-order valence-electron chi connectivity index (χ3n) is 10.7. The Kier molecular flexibility index (Phi) is 33.4. The van der Waals surface area contributed by atoms with Crippen molar-refractivity contribution in [3.63, 3.8) is 0 Å². The molecule has 6 heteroatoms. The molecule has 0 aliphatic rings. The van der Waals surface area contributed by atoms with Crippen molar-refractivity contribution in [3.8, 4) is 0 Å². The minimum absolute atomic E-state index is 0.118. The number of benzene rings is 1. The van der Waals surface area contributed by atoms with Crippen LogP contribution >= 0.6 is 0 Å². The molecule has 6 nitrogen and oxygen atoms in total. The van der Waals surface area contributed by atoms with Crippen molar-refractivity contribution in [2.75, 3.05) is 53.4 Å². The highest BCUT2D eigenvalue weighted by atomic mass is 16.2. The SMILES string of the molecule is CCCCCCCCCCCCCCCCN(C)CCNC(=O)c1cccc(C(=O)NCCN(C)CCCCCCCCCCCCCCCC)c1. The van der Waals surface area contributed by atoms with Gasteiger partial charge in [0.05, 0.1) is 0 Å². The van der Waals surface area contributed by atoms with Gasteiger partial charge in [0.2, 0.25) is 0 Å². The zero-order valence-electron chi connectivity index (χ0n) is 35.1. The molecule has 0 atom stereocenters. The monoisotopic (exact) mass is 727 g/mol. The van der Waals surface area contributed by atoms with Crippen molar-refractivity contribution in [2.45, 2.75) is 194 Å². The molecule has 0 bridgehead atoms. The van der Waals surface area contributed by atoms with Gasteiger partial charge in [0.15, 0.2) is 0 Å². The van der Waals surface area contributed by atoms with Crippen molar-refractivity contribution < 1.29 is 9.59 Å².